The monoisotopic (exact) mass is 601 g/mol. The van der Waals surface area contributed by atoms with Crippen molar-refractivity contribution in [3.8, 4) is 11.3 Å². The maximum absolute atomic E-state index is 12.8. The van der Waals surface area contributed by atoms with Crippen LogP contribution in [-0.2, 0) is 16.6 Å². The van der Waals surface area contributed by atoms with Gasteiger partial charge in [-0.1, -0.05) is 65.7 Å². The van der Waals surface area contributed by atoms with Crippen molar-refractivity contribution >= 4 is 66.3 Å². The highest BCUT2D eigenvalue weighted by Gasteiger charge is 2.18. The summed E-state index contributed by atoms with van der Waals surface area (Å²) in [5, 5.41) is 8.53. The van der Waals surface area contributed by atoms with Crippen molar-refractivity contribution in [2.24, 2.45) is 0 Å². The van der Waals surface area contributed by atoms with E-state index in [1.54, 1.807) is 41.0 Å². The predicted molar refractivity (Wildman–Crippen MR) is 147 cm³/mol. The Hall–Kier alpha value is -3.11. The molecule has 7 nitrogen and oxygen atoms in total. The SMILES string of the molecule is O=S(=O)(Nc1cccc(CNc2cc(-c3ccccc3Cl)nc3c(Br)cnn23)c1)c1ccccc1Cl. The maximum Gasteiger partial charge on any atom is 0.263 e. The molecule has 3 aromatic carbocycles. The number of nitrogens with one attached hydrogen (secondary N) is 2. The molecule has 182 valence electrons. The lowest BCUT2D eigenvalue weighted by Crippen LogP contribution is -2.14. The molecule has 0 aliphatic rings. The van der Waals surface area contributed by atoms with Crippen molar-refractivity contribution in [1.29, 1.82) is 0 Å². The topological polar surface area (TPSA) is 88.4 Å². The Labute approximate surface area is 226 Å². The van der Waals surface area contributed by atoms with Crippen molar-refractivity contribution in [1.82, 2.24) is 14.6 Å². The molecule has 2 aromatic heterocycles. The van der Waals surface area contributed by atoms with Crippen LogP contribution < -0.4 is 10.0 Å². The maximum atomic E-state index is 12.8. The fourth-order valence-corrected chi connectivity index (χ4v) is 5.83. The van der Waals surface area contributed by atoms with E-state index in [1.165, 1.54) is 12.1 Å². The zero-order valence-electron chi connectivity index (χ0n) is 18.5. The summed E-state index contributed by atoms with van der Waals surface area (Å²) in [5.74, 6) is 0.697. The predicted octanol–water partition coefficient (Wildman–Crippen LogP) is 6.88. The number of aromatic nitrogens is 3. The largest absolute Gasteiger partial charge is 0.366 e. The molecule has 36 heavy (non-hydrogen) atoms. The van der Waals surface area contributed by atoms with Gasteiger partial charge in [0.25, 0.3) is 10.0 Å². The molecular weight excluding hydrogens is 585 g/mol. The first-order valence-electron chi connectivity index (χ1n) is 10.7. The van der Waals surface area contributed by atoms with Gasteiger partial charge in [0.2, 0.25) is 0 Å². The van der Waals surface area contributed by atoms with Gasteiger partial charge in [-0.05, 0) is 51.8 Å². The van der Waals surface area contributed by atoms with E-state index in [1.807, 2.05) is 36.4 Å². The molecule has 0 aliphatic carbocycles. The van der Waals surface area contributed by atoms with Gasteiger partial charge in [0, 0.05) is 28.9 Å². The van der Waals surface area contributed by atoms with Crippen LogP contribution in [-0.4, -0.2) is 23.0 Å². The van der Waals surface area contributed by atoms with E-state index in [0.29, 0.717) is 34.4 Å². The first-order chi connectivity index (χ1) is 17.3. The fraction of sp³-hybridized carbons (Fsp3) is 0.0400. The van der Waals surface area contributed by atoms with E-state index in [-0.39, 0.29) is 9.92 Å². The van der Waals surface area contributed by atoms with Crippen molar-refractivity contribution in [3.05, 3.63) is 105 Å². The van der Waals surface area contributed by atoms with Crippen molar-refractivity contribution in [2.75, 3.05) is 10.0 Å². The summed E-state index contributed by atoms with van der Waals surface area (Å²) in [6.45, 7) is 0.403. The molecule has 0 radical (unpaired) electrons. The molecule has 0 saturated heterocycles. The van der Waals surface area contributed by atoms with E-state index >= 15 is 0 Å². The highest BCUT2D eigenvalue weighted by molar-refractivity contribution is 9.10. The second-order valence-corrected chi connectivity index (χ2v) is 11.1. The van der Waals surface area contributed by atoms with Crippen LogP contribution in [0, 0.1) is 0 Å². The van der Waals surface area contributed by atoms with Gasteiger partial charge in [-0.25, -0.2) is 13.4 Å². The lowest BCUT2D eigenvalue weighted by Gasteiger charge is -2.13. The summed E-state index contributed by atoms with van der Waals surface area (Å²) in [7, 11) is -3.84. The third kappa shape index (κ3) is 5.05. The zero-order chi connectivity index (χ0) is 25.3. The summed E-state index contributed by atoms with van der Waals surface area (Å²) in [4.78, 5) is 4.73. The normalized spacial score (nSPS) is 11.5. The van der Waals surface area contributed by atoms with Crippen LogP contribution in [0.1, 0.15) is 5.56 Å². The Morgan fingerprint density at radius 1 is 0.917 bits per heavy atom. The van der Waals surface area contributed by atoms with Crippen molar-refractivity contribution in [3.63, 3.8) is 0 Å². The van der Waals surface area contributed by atoms with Crippen molar-refractivity contribution in [2.45, 2.75) is 11.4 Å². The summed E-state index contributed by atoms with van der Waals surface area (Å²) in [6.07, 6.45) is 1.67. The molecule has 0 atom stereocenters. The zero-order valence-corrected chi connectivity index (χ0v) is 22.4. The van der Waals surface area contributed by atoms with Crippen LogP contribution in [0.3, 0.4) is 0 Å². The third-order valence-corrected chi connectivity index (χ3v) is 8.13. The summed E-state index contributed by atoms with van der Waals surface area (Å²) < 4.78 is 30.7. The number of anilines is 2. The molecule has 0 fully saturated rings. The van der Waals surface area contributed by atoms with E-state index in [4.69, 9.17) is 28.2 Å². The van der Waals surface area contributed by atoms with Crippen LogP contribution in [0.25, 0.3) is 16.9 Å². The third-order valence-electron chi connectivity index (χ3n) is 5.36. The Morgan fingerprint density at radius 2 is 1.67 bits per heavy atom. The smallest absolute Gasteiger partial charge is 0.263 e. The molecule has 0 unspecified atom stereocenters. The molecule has 0 spiro atoms. The Balaban J connectivity index is 1.42. The van der Waals surface area contributed by atoms with E-state index in [2.05, 4.69) is 31.1 Å². The Bertz CT molecular complexity index is 1690. The van der Waals surface area contributed by atoms with E-state index in [0.717, 1.165) is 15.6 Å². The summed E-state index contributed by atoms with van der Waals surface area (Å²) in [6, 6.07) is 22.8. The van der Waals surface area contributed by atoms with E-state index < -0.39 is 10.0 Å². The number of halogens is 3. The second kappa shape index (κ2) is 10.1. The molecular formula is C25H18BrCl2N5O2S. The molecule has 0 saturated carbocycles. The molecule has 2 heterocycles. The fourth-order valence-electron chi connectivity index (χ4n) is 3.68. The molecule has 5 rings (SSSR count). The minimum atomic E-state index is -3.84. The van der Waals surface area contributed by atoms with Gasteiger partial charge in [-0.15, -0.1) is 0 Å². The van der Waals surface area contributed by atoms with Crippen LogP contribution in [0.2, 0.25) is 10.0 Å². The van der Waals surface area contributed by atoms with Crippen LogP contribution >= 0.6 is 39.1 Å². The first-order valence-corrected chi connectivity index (χ1v) is 13.7. The number of nitrogens with zero attached hydrogens (tertiary/aromatic N) is 3. The number of hydrogen-bond acceptors (Lipinski definition) is 5. The molecule has 5 aromatic rings. The quantitative estimate of drug-likeness (QED) is 0.212. The standard InChI is InChI=1S/C25H18BrCl2N5O2S/c26-19-15-30-33-24(13-22(31-25(19)33)18-8-1-2-9-20(18)27)29-14-16-6-5-7-17(12-16)32-36(34,35)23-11-4-3-10-21(23)28/h1-13,15,29,32H,14H2. The molecule has 2 N–H and O–H groups in total. The van der Waals surface area contributed by atoms with Crippen LogP contribution in [0.5, 0.6) is 0 Å². The average molecular weight is 603 g/mol. The van der Waals surface area contributed by atoms with Gasteiger partial charge >= 0.3 is 0 Å². The average Bonchev–Trinajstić information content (AvgIpc) is 3.23. The summed E-state index contributed by atoms with van der Waals surface area (Å²) in [5.41, 5.74) is 3.40. The highest BCUT2D eigenvalue weighted by Crippen LogP contribution is 2.30. The van der Waals surface area contributed by atoms with E-state index in [9.17, 15) is 8.42 Å². The lowest BCUT2D eigenvalue weighted by molar-refractivity contribution is 0.601. The number of fused-ring (bicyclic) bond motifs is 1. The van der Waals surface area contributed by atoms with Crippen LogP contribution in [0.15, 0.2) is 94.4 Å². The molecule has 0 amide bonds. The second-order valence-electron chi connectivity index (χ2n) is 7.82. The van der Waals surface area contributed by atoms with Gasteiger partial charge < -0.3 is 5.32 Å². The molecule has 0 bridgehead atoms. The van der Waals surface area contributed by atoms with Crippen LogP contribution in [0.4, 0.5) is 11.5 Å². The Kier molecular flexibility index (Phi) is 6.90. The van der Waals surface area contributed by atoms with Gasteiger partial charge in [-0.3, -0.25) is 4.72 Å². The Morgan fingerprint density at radius 3 is 2.44 bits per heavy atom. The van der Waals surface area contributed by atoms with Crippen molar-refractivity contribution < 1.29 is 8.42 Å². The molecule has 11 heteroatoms. The molecule has 0 aliphatic heterocycles. The minimum absolute atomic E-state index is 0.0192. The number of sulfonamides is 1. The minimum Gasteiger partial charge on any atom is -0.366 e. The van der Waals surface area contributed by atoms with Gasteiger partial charge in [0.1, 0.15) is 10.7 Å². The van der Waals surface area contributed by atoms with Gasteiger partial charge in [0.05, 0.1) is 21.4 Å². The van der Waals surface area contributed by atoms with Gasteiger partial charge in [-0.2, -0.15) is 9.61 Å². The lowest BCUT2D eigenvalue weighted by atomic mass is 10.1. The number of benzene rings is 3. The summed E-state index contributed by atoms with van der Waals surface area (Å²) >= 11 is 16.0. The highest BCUT2D eigenvalue weighted by atomic mass is 79.9. The number of rotatable bonds is 7. The van der Waals surface area contributed by atoms with Gasteiger partial charge in [0.15, 0.2) is 5.65 Å². The number of hydrogen-bond donors (Lipinski definition) is 2. The first kappa shape index (κ1) is 24.6.